The average molecular weight is 245 g/mol. The molecule has 3 N–H and O–H groups in total. The van der Waals surface area contributed by atoms with Gasteiger partial charge in [0, 0.05) is 6.20 Å². The average Bonchev–Trinajstić information content (AvgIpc) is 2.40. The van der Waals surface area contributed by atoms with E-state index < -0.39 is 0 Å². The van der Waals surface area contributed by atoms with Gasteiger partial charge in [-0.3, -0.25) is 4.98 Å². The van der Waals surface area contributed by atoms with E-state index in [1.165, 1.54) is 17.7 Å². The van der Waals surface area contributed by atoms with Crippen LogP contribution in [0.15, 0.2) is 36.5 Å². The van der Waals surface area contributed by atoms with Crippen molar-refractivity contribution in [3.63, 3.8) is 0 Å². The number of hydrogen-bond donors (Lipinski definition) is 2. The Kier molecular flexibility index (Phi) is 3.77. The van der Waals surface area contributed by atoms with Crippen LogP contribution in [0.3, 0.4) is 0 Å². The maximum atomic E-state index is 13.1. The van der Waals surface area contributed by atoms with Crippen LogP contribution in [0.4, 0.5) is 15.8 Å². The normalized spacial score (nSPS) is 10.3. The highest BCUT2D eigenvalue weighted by molar-refractivity contribution is 5.65. The summed E-state index contributed by atoms with van der Waals surface area (Å²) in [6.45, 7) is 2.62. The summed E-state index contributed by atoms with van der Waals surface area (Å²) in [4.78, 5) is 4.32. The molecule has 0 aliphatic heterocycles. The fraction of sp³-hybridized carbons (Fsp3) is 0.214. The highest BCUT2D eigenvalue weighted by atomic mass is 19.1. The molecule has 1 aromatic carbocycles. The lowest BCUT2D eigenvalue weighted by Crippen LogP contribution is -2.06. The summed E-state index contributed by atoms with van der Waals surface area (Å²) in [5.74, 6) is -0.302. The van der Waals surface area contributed by atoms with Gasteiger partial charge >= 0.3 is 0 Å². The smallest absolute Gasteiger partial charge is 0.125 e. The standard InChI is InChI=1S/C14H16FN3/c1-2-10-4-3-7-17-14(10)9-18-13-8-11(15)5-6-12(13)16/h3-8,18H,2,9,16H2,1H3. The van der Waals surface area contributed by atoms with Gasteiger partial charge in [-0.05, 0) is 36.2 Å². The highest BCUT2D eigenvalue weighted by Gasteiger charge is 2.04. The first-order chi connectivity index (χ1) is 8.70. The van der Waals surface area contributed by atoms with Gasteiger partial charge in [-0.25, -0.2) is 4.39 Å². The molecule has 94 valence electrons. The number of aryl methyl sites for hydroxylation is 1. The second kappa shape index (κ2) is 5.49. The van der Waals surface area contributed by atoms with Gasteiger partial charge in [0.05, 0.1) is 23.6 Å². The van der Waals surface area contributed by atoms with Gasteiger partial charge < -0.3 is 11.1 Å². The van der Waals surface area contributed by atoms with Gasteiger partial charge in [-0.2, -0.15) is 0 Å². The third kappa shape index (κ3) is 2.77. The summed E-state index contributed by atoms with van der Waals surface area (Å²) in [5.41, 5.74) is 9.05. The molecular weight excluding hydrogens is 229 g/mol. The second-order valence-electron chi connectivity index (χ2n) is 4.05. The van der Waals surface area contributed by atoms with Gasteiger partial charge in [-0.15, -0.1) is 0 Å². The van der Waals surface area contributed by atoms with Gasteiger partial charge in [-0.1, -0.05) is 13.0 Å². The first-order valence-electron chi connectivity index (χ1n) is 5.92. The molecule has 4 heteroatoms. The zero-order valence-corrected chi connectivity index (χ0v) is 10.3. The van der Waals surface area contributed by atoms with Crippen LogP contribution >= 0.6 is 0 Å². The minimum absolute atomic E-state index is 0.302. The van der Waals surface area contributed by atoms with E-state index >= 15 is 0 Å². The van der Waals surface area contributed by atoms with E-state index in [4.69, 9.17) is 5.73 Å². The Bertz CT molecular complexity index is 540. The largest absolute Gasteiger partial charge is 0.397 e. The van der Waals surface area contributed by atoms with Crippen LogP contribution in [0.25, 0.3) is 0 Å². The van der Waals surface area contributed by atoms with Gasteiger partial charge in [0.25, 0.3) is 0 Å². The summed E-state index contributed by atoms with van der Waals surface area (Å²) < 4.78 is 13.1. The van der Waals surface area contributed by atoms with Gasteiger partial charge in [0.15, 0.2) is 0 Å². The third-order valence-electron chi connectivity index (χ3n) is 2.83. The Balaban J connectivity index is 2.14. The fourth-order valence-electron chi connectivity index (χ4n) is 1.81. The third-order valence-corrected chi connectivity index (χ3v) is 2.83. The maximum absolute atomic E-state index is 13.1. The van der Waals surface area contributed by atoms with Crippen LogP contribution in [-0.2, 0) is 13.0 Å². The van der Waals surface area contributed by atoms with Crippen molar-refractivity contribution in [3.05, 3.63) is 53.6 Å². The van der Waals surface area contributed by atoms with Gasteiger partial charge in [0.2, 0.25) is 0 Å². The number of rotatable bonds is 4. The Morgan fingerprint density at radius 3 is 2.94 bits per heavy atom. The second-order valence-corrected chi connectivity index (χ2v) is 4.05. The van der Waals surface area contributed by atoms with E-state index in [1.54, 1.807) is 12.3 Å². The molecule has 0 atom stereocenters. The number of anilines is 2. The molecule has 2 aromatic rings. The van der Waals surface area contributed by atoms with Crippen molar-refractivity contribution in [3.8, 4) is 0 Å². The van der Waals surface area contributed by atoms with Crippen LogP contribution in [0.1, 0.15) is 18.2 Å². The molecule has 0 saturated heterocycles. The van der Waals surface area contributed by atoms with Crippen molar-refractivity contribution < 1.29 is 4.39 Å². The summed E-state index contributed by atoms with van der Waals surface area (Å²) in [7, 11) is 0. The molecule has 0 aliphatic carbocycles. The monoisotopic (exact) mass is 245 g/mol. The predicted octanol–water partition coefficient (Wildman–Crippen LogP) is 2.98. The number of nitrogen functional groups attached to an aromatic ring is 1. The van der Waals surface area contributed by atoms with Crippen molar-refractivity contribution >= 4 is 11.4 Å². The molecular formula is C14H16FN3. The molecule has 0 aliphatic rings. The minimum atomic E-state index is -0.302. The van der Waals surface area contributed by atoms with Crippen LogP contribution in [0.5, 0.6) is 0 Å². The minimum Gasteiger partial charge on any atom is -0.397 e. The molecule has 3 nitrogen and oxygen atoms in total. The van der Waals surface area contributed by atoms with E-state index in [9.17, 15) is 4.39 Å². The zero-order chi connectivity index (χ0) is 13.0. The zero-order valence-electron chi connectivity index (χ0n) is 10.3. The Hall–Kier alpha value is -2.10. The summed E-state index contributed by atoms with van der Waals surface area (Å²) in [6.07, 6.45) is 2.68. The number of nitrogens with one attached hydrogen (secondary N) is 1. The van der Waals surface area contributed by atoms with Crippen molar-refractivity contribution in [2.45, 2.75) is 19.9 Å². The lowest BCUT2D eigenvalue weighted by Gasteiger charge is -2.11. The Labute approximate surface area is 106 Å². The van der Waals surface area contributed by atoms with E-state index in [0.717, 1.165) is 12.1 Å². The molecule has 2 rings (SSSR count). The van der Waals surface area contributed by atoms with Crippen molar-refractivity contribution in [2.24, 2.45) is 0 Å². The lowest BCUT2D eigenvalue weighted by molar-refractivity contribution is 0.628. The number of aromatic nitrogens is 1. The molecule has 0 saturated carbocycles. The summed E-state index contributed by atoms with van der Waals surface area (Å²) in [6, 6.07) is 8.25. The number of benzene rings is 1. The van der Waals surface area contributed by atoms with Gasteiger partial charge in [0.1, 0.15) is 5.82 Å². The molecule has 0 bridgehead atoms. The van der Waals surface area contributed by atoms with Crippen LogP contribution in [-0.4, -0.2) is 4.98 Å². The summed E-state index contributed by atoms with van der Waals surface area (Å²) >= 11 is 0. The Morgan fingerprint density at radius 1 is 1.33 bits per heavy atom. The number of nitrogens with two attached hydrogens (primary N) is 1. The fourth-order valence-corrected chi connectivity index (χ4v) is 1.81. The van der Waals surface area contributed by atoms with Crippen LogP contribution in [0.2, 0.25) is 0 Å². The van der Waals surface area contributed by atoms with Crippen molar-refractivity contribution in [1.29, 1.82) is 0 Å². The van der Waals surface area contributed by atoms with Crippen molar-refractivity contribution in [2.75, 3.05) is 11.1 Å². The maximum Gasteiger partial charge on any atom is 0.125 e. The summed E-state index contributed by atoms with van der Waals surface area (Å²) in [5, 5.41) is 3.12. The van der Waals surface area contributed by atoms with Crippen molar-refractivity contribution in [1.82, 2.24) is 4.98 Å². The van der Waals surface area contributed by atoms with Crippen LogP contribution in [0, 0.1) is 5.82 Å². The number of nitrogens with zero attached hydrogens (tertiary/aromatic N) is 1. The van der Waals surface area contributed by atoms with E-state index in [-0.39, 0.29) is 5.82 Å². The van der Waals surface area contributed by atoms with E-state index in [0.29, 0.717) is 17.9 Å². The molecule has 1 heterocycles. The Morgan fingerprint density at radius 2 is 2.17 bits per heavy atom. The lowest BCUT2D eigenvalue weighted by atomic mass is 10.1. The topological polar surface area (TPSA) is 50.9 Å². The molecule has 0 fully saturated rings. The molecule has 18 heavy (non-hydrogen) atoms. The highest BCUT2D eigenvalue weighted by Crippen LogP contribution is 2.20. The first kappa shape index (κ1) is 12.4. The first-order valence-corrected chi connectivity index (χ1v) is 5.92. The van der Waals surface area contributed by atoms with Crippen LogP contribution < -0.4 is 11.1 Å². The van der Waals surface area contributed by atoms with E-state index in [1.807, 2.05) is 12.1 Å². The SMILES string of the molecule is CCc1cccnc1CNc1cc(F)ccc1N. The predicted molar refractivity (Wildman–Crippen MR) is 71.8 cm³/mol. The quantitative estimate of drug-likeness (QED) is 0.814. The molecule has 0 radical (unpaired) electrons. The molecule has 0 amide bonds. The molecule has 0 unspecified atom stereocenters. The number of pyridine rings is 1. The molecule has 1 aromatic heterocycles. The molecule has 0 spiro atoms. The number of hydrogen-bond acceptors (Lipinski definition) is 3. The van der Waals surface area contributed by atoms with E-state index in [2.05, 4.69) is 17.2 Å². The number of halogens is 1.